The summed E-state index contributed by atoms with van der Waals surface area (Å²) in [6, 6.07) is 16.5. The molecule has 0 aliphatic carbocycles. The summed E-state index contributed by atoms with van der Waals surface area (Å²) in [7, 11) is 0. The van der Waals surface area contributed by atoms with Crippen LogP contribution in [-0.2, 0) is 0 Å². The van der Waals surface area contributed by atoms with E-state index < -0.39 is 0 Å². The molecular weight excluding hydrogens is 220 g/mol. The molecule has 2 nitrogen and oxygen atoms in total. The van der Waals surface area contributed by atoms with E-state index in [1.165, 1.54) is 5.56 Å². The van der Waals surface area contributed by atoms with E-state index in [0.717, 1.165) is 18.5 Å². The highest BCUT2D eigenvalue weighted by Crippen LogP contribution is 2.22. The second kappa shape index (κ2) is 6.70. The van der Waals surface area contributed by atoms with Gasteiger partial charge in [0.1, 0.15) is 0 Å². The van der Waals surface area contributed by atoms with Crippen molar-refractivity contribution in [2.75, 3.05) is 0 Å². The highest BCUT2D eigenvalue weighted by atomic mass is 14.8. The molecule has 0 bridgehead atoms. The van der Waals surface area contributed by atoms with Gasteiger partial charge in [0.15, 0.2) is 0 Å². The van der Waals surface area contributed by atoms with Crippen LogP contribution in [0.2, 0.25) is 0 Å². The van der Waals surface area contributed by atoms with E-state index >= 15 is 0 Å². The predicted molar refractivity (Wildman–Crippen MR) is 75.9 cm³/mol. The normalized spacial score (nSPS) is 12.7. The van der Waals surface area contributed by atoms with Gasteiger partial charge in [0.25, 0.3) is 0 Å². The van der Waals surface area contributed by atoms with Crippen molar-refractivity contribution < 1.29 is 0 Å². The highest BCUT2D eigenvalue weighted by molar-refractivity contribution is 5.76. The third kappa shape index (κ3) is 3.52. The molecule has 0 aliphatic rings. The second-order valence-corrected chi connectivity index (χ2v) is 4.25. The molecule has 1 atom stereocenters. The molecule has 18 heavy (non-hydrogen) atoms. The Morgan fingerprint density at radius 1 is 1.11 bits per heavy atom. The number of nitrogens with zero attached hydrogens (tertiary/aromatic N) is 2. The van der Waals surface area contributed by atoms with Crippen molar-refractivity contribution >= 4 is 6.21 Å². The Bertz CT molecular complexity index is 477. The molecule has 0 amide bonds. The highest BCUT2D eigenvalue weighted by Gasteiger charge is 2.06. The minimum Gasteiger partial charge on any atom is -0.283 e. The molecule has 92 valence electrons. The maximum Gasteiger partial charge on any atom is 0.0808 e. The molecule has 2 aromatic rings. The molecular formula is C16H18N2. The third-order valence-electron chi connectivity index (χ3n) is 2.82. The smallest absolute Gasteiger partial charge is 0.0808 e. The van der Waals surface area contributed by atoms with E-state index in [0.29, 0.717) is 0 Å². The Morgan fingerprint density at radius 2 is 1.89 bits per heavy atom. The van der Waals surface area contributed by atoms with E-state index in [9.17, 15) is 0 Å². The summed E-state index contributed by atoms with van der Waals surface area (Å²) < 4.78 is 0. The van der Waals surface area contributed by atoms with Crippen molar-refractivity contribution in [3.8, 4) is 0 Å². The quantitative estimate of drug-likeness (QED) is 0.722. The summed E-state index contributed by atoms with van der Waals surface area (Å²) in [5.74, 6) is 0. The van der Waals surface area contributed by atoms with Crippen LogP contribution in [0.1, 0.15) is 37.1 Å². The average Bonchev–Trinajstić information content (AvgIpc) is 2.45. The Morgan fingerprint density at radius 3 is 2.56 bits per heavy atom. The Balaban J connectivity index is 2.14. The number of hydrogen-bond donors (Lipinski definition) is 0. The first kappa shape index (κ1) is 12.5. The van der Waals surface area contributed by atoms with Crippen LogP contribution < -0.4 is 0 Å². The summed E-state index contributed by atoms with van der Waals surface area (Å²) in [6.45, 7) is 2.19. The van der Waals surface area contributed by atoms with Crippen LogP contribution in [-0.4, -0.2) is 11.2 Å². The van der Waals surface area contributed by atoms with Gasteiger partial charge in [-0.15, -0.1) is 0 Å². The van der Waals surface area contributed by atoms with Crippen molar-refractivity contribution in [1.82, 2.24) is 4.98 Å². The molecule has 1 unspecified atom stereocenters. The maximum absolute atomic E-state index is 4.67. The van der Waals surface area contributed by atoms with Gasteiger partial charge in [-0.3, -0.25) is 9.98 Å². The minimum absolute atomic E-state index is 0.234. The van der Waals surface area contributed by atoms with Gasteiger partial charge in [-0.05, 0) is 24.1 Å². The van der Waals surface area contributed by atoms with E-state index in [1.807, 2.05) is 30.5 Å². The standard InChI is InChI=1S/C16H18N2/c1-2-8-16(14-9-4-3-5-10-14)18-13-15-11-6-7-12-17-15/h3-7,9-13,16H,2,8H2,1H3. The molecule has 0 aliphatic heterocycles. The molecule has 0 N–H and O–H groups in total. The zero-order valence-electron chi connectivity index (χ0n) is 10.7. The topological polar surface area (TPSA) is 25.2 Å². The number of rotatable bonds is 5. The van der Waals surface area contributed by atoms with Crippen molar-refractivity contribution in [1.29, 1.82) is 0 Å². The summed E-state index contributed by atoms with van der Waals surface area (Å²) in [6.07, 6.45) is 5.85. The summed E-state index contributed by atoms with van der Waals surface area (Å²) in [5, 5.41) is 0. The van der Waals surface area contributed by atoms with Gasteiger partial charge in [-0.25, -0.2) is 0 Å². The predicted octanol–water partition coefficient (Wildman–Crippen LogP) is 4.04. The lowest BCUT2D eigenvalue weighted by atomic mass is 10.0. The molecule has 1 heterocycles. The van der Waals surface area contributed by atoms with E-state index in [-0.39, 0.29) is 6.04 Å². The summed E-state index contributed by atoms with van der Waals surface area (Å²) >= 11 is 0. The molecule has 0 saturated carbocycles. The monoisotopic (exact) mass is 238 g/mol. The molecule has 2 heteroatoms. The van der Waals surface area contributed by atoms with Crippen LogP contribution in [0, 0.1) is 0 Å². The fourth-order valence-electron chi connectivity index (χ4n) is 1.89. The second-order valence-electron chi connectivity index (χ2n) is 4.25. The number of pyridine rings is 1. The van der Waals surface area contributed by atoms with Gasteiger partial charge in [-0.1, -0.05) is 49.7 Å². The van der Waals surface area contributed by atoms with Gasteiger partial charge in [0, 0.05) is 12.4 Å². The molecule has 1 aromatic heterocycles. The van der Waals surface area contributed by atoms with Crippen molar-refractivity contribution in [3.05, 3.63) is 66.0 Å². The number of hydrogen-bond acceptors (Lipinski definition) is 2. The third-order valence-corrected chi connectivity index (χ3v) is 2.82. The summed E-state index contributed by atoms with van der Waals surface area (Å²) in [5.41, 5.74) is 2.18. The Labute approximate surface area is 108 Å². The number of aromatic nitrogens is 1. The molecule has 1 aromatic carbocycles. The molecule has 2 rings (SSSR count). The van der Waals surface area contributed by atoms with E-state index in [1.54, 1.807) is 6.20 Å². The zero-order chi connectivity index (χ0) is 12.6. The largest absolute Gasteiger partial charge is 0.283 e. The van der Waals surface area contributed by atoms with Crippen molar-refractivity contribution in [2.24, 2.45) is 4.99 Å². The lowest BCUT2D eigenvalue weighted by Crippen LogP contribution is -1.96. The average molecular weight is 238 g/mol. The van der Waals surface area contributed by atoms with Crippen LogP contribution in [0.3, 0.4) is 0 Å². The van der Waals surface area contributed by atoms with Crippen molar-refractivity contribution in [2.45, 2.75) is 25.8 Å². The van der Waals surface area contributed by atoms with Gasteiger partial charge in [0.05, 0.1) is 11.7 Å². The van der Waals surface area contributed by atoms with E-state index in [2.05, 4.69) is 41.2 Å². The van der Waals surface area contributed by atoms with Gasteiger partial charge in [0.2, 0.25) is 0 Å². The first-order valence-corrected chi connectivity index (χ1v) is 6.39. The van der Waals surface area contributed by atoms with Gasteiger partial charge >= 0.3 is 0 Å². The van der Waals surface area contributed by atoms with E-state index in [4.69, 9.17) is 0 Å². The first-order valence-electron chi connectivity index (χ1n) is 6.39. The lowest BCUT2D eigenvalue weighted by molar-refractivity contribution is 0.643. The molecule has 0 saturated heterocycles. The SMILES string of the molecule is CCCC(N=Cc1ccccn1)c1ccccc1. The summed E-state index contributed by atoms with van der Waals surface area (Å²) in [4.78, 5) is 8.92. The van der Waals surface area contributed by atoms with Crippen molar-refractivity contribution in [3.63, 3.8) is 0 Å². The van der Waals surface area contributed by atoms with Crippen LogP contribution >= 0.6 is 0 Å². The fourth-order valence-corrected chi connectivity index (χ4v) is 1.89. The van der Waals surface area contributed by atoms with Crippen LogP contribution in [0.25, 0.3) is 0 Å². The van der Waals surface area contributed by atoms with Crippen LogP contribution in [0.5, 0.6) is 0 Å². The molecule has 0 fully saturated rings. The zero-order valence-corrected chi connectivity index (χ0v) is 10.7. The Kier molecular flexibility index (Phi) is 4.65. The van der Waals surface area contributed by atoms with Gasteiger partial charge < -0.3 is 0 Å². The minimum atomic E-state index is 0.234. The molecule has 0 radical (unpaired) electrons. The van der Waals surface area contributed by atoms with Gasteiger partial charge in [-0.2, -0.15) is 0 Å². The maximum atomic E-state index is 4.67. The van der Waals surface area contributed by atoms with Crippen LogP contribution in [0.15, 0.2) is 59.7 Å². The number of aliphatic imine (C=N–C) groups is 1. The fraction of sp³-hybridized carbons (Fsp3) is 0.250. The Hall–Kier alpha value is -1.96. The van der Waals surface area contributed by atoms with Crippen LogP contribution in [0.4, 0.5) is 0 Å². The first-order chi connectivity index (χ1) is 8.90. The lowest BCUT2D eigenvalue weighted by Gasteiger charge is -2.11. The molecule has 0 spiro atoms. The number of benzene rings is 1.